The Balaban J connectivity index is -0.000000339. The quantitative estimate of drug-likeness (QED) is 0.560. The maximum Gasteiger partial charge on any atom is 0.216 e. The van der Waals surface area contributed by atoms with E-state index in [2.05, 4.69) is 19.2 Å². The monoisotopic (exact) mass is 321 g/mol. The van der Waals surface area contributed by atoms with Crippen LogP contribution in [-0.4, -0.2) is 54.9 Å². The van der Waals surface area contributed by atoms with E-state index >= 15 is 0 Å². The zero-order valence-electron chi connectivity index (χ0n) is 15.0. The molecule has 0 aliphatic heterocycles. The molecule has 1 amide bonds. The molecule has 0 aromatic rings. The largest absolute Gasteiger partial charge is 0.400 e. The van der Waals surface area contributed by atoms with Gasteiger partial charge in [-0.25, -0.2) is 0 Å². The first-order valence-corrected chi connectivity index (χ1v) is 7.62. The van der Waals surface area contributed by atoms with Crippen molar-refractivity contribution < 1.29 is 24.5 Å². The van der Waals surface area contributed by atoms with Crippen molar-refractivity contribution in [2.24, 2.45) is 5.92 Å². The van der Waals surface area contributed by atoms with Crippen LogP contribution in [0.4, 0.5) is 0 Å². The third-order valence-electron chi connectivity index (χ3n) is 2.54. The van der Waals surface area contributed by atoms with Crippen molar-refractivity contribution in [2.45, 2.75) is 59.5 Å². The number of aliphatic hydroxyl groups excluding tert-OH is 2. The molecule has 3 N–H and O–H groups in total. The Morgan fingerprint density at radius 1 is 1.32 bits per heavy atom. The molecule has 0 atom stereocenters. The molecule has 0 unspecified atom stereocenters. The first-order chi connectivity index (χ1) is 10.2. The number of rotatable bonds is 9. The number of aldehydes is 1. The molecule has 0 saturated heterocycles. The van der Waals surface area contributed by atoms with Crippen LogP contribution in [0.2, 0.25) is 0 Å². The number of carbonyl (C=O) groups excluding carboxylic acids is 2. The topological polar surface area (TPSA) is 95.9 Å². The lowest BCUT2D eigenvalue weighted by Crippen LogP contribution is -2.25. The van der Waals surface area contributed by atoms with E-state index < -0.39 is 0 Å². The molecule has 0 rings (SSSR count). The summed E-state index contributed by atoms with van der Waals surface area (Å²) in [6.45, 7) is 11.0. The Bertz CT molecular complexity index is 255. The molecule has 6 nitrogen and oxygen atoms in total. The van der Waals surface area contributed by atoms with Gasteiger partial charge in [0.25, 0.3) is 0 Å². The van der Waals surface area contributed by atoms with Gasteiger partial charge in [-0.2, -0.15) is 0 Å². The lowest BCUT2D eigenvalue weighted by Gasteiger charge is -2.24. The molecule has 0 heterocycles. The number of carbonyl (C=O) groups is 2. The second-order valence-electron chi connectivity index (χ2n) is 5.70. The number of ether oxygens (including phenoxy) is 1. The van der Waals surface area contributed by atoms with Crippen LogP contribution in [-0.2, 0) is 14.3 Å². The van der Waals surface area contributed by atoms with Gasteiger partial charge >= 0.3 is 0 Å². The van der Waals surface area contributed by atoms with Crippen LogP contribution < -0.4 is 5.32 Å². The fraction of sp³-hybridized carbons (Fsp3) is 0.875. The van der Waals surface area contributed by atoms with Gasteiger partial charge in [-0.15, -0.1) is 0 Å². The first-order valence-electron chi connectivity index (χ1n) is 7.62. The van der Waals surface area contributed by atoms with E-state index in [0.29, 0.717) is 18.9 Å². The molecule has 0 spiro atoms. The van der Waals surface area contributed by atoms with Crippen molar-refractivity contribution in [1.29, 1.82) is 0 Å². The van der Waals surface area contributed by atoms with Gasteiger partial charge in [0.15, 0.2) is 0 Å². The predicted octanol–water partition coefficient (Wildman–Crippen LogP) is 1.53. The lowest BCUT2D eigenvalue weighted by atomic mass is 10.0. The third-order valence-corrected chi connectivity index (χ3v) is 2.54. The average molecular weight is 321 g/mol. The van der Waals surface area contributed by atoms with E-state index in [1.165, 1.54) is 6.92 Å². The summed E-state index contributed by atoms with van der Waals surface area (Å²) in [6, 6.07) is 0. The number of hydrogen-bond donors (Lipinski definition) is 3. The van der Waals surface area contributed by atoms with Crippen LogP contribution in [0.5, 0.6) is 0 Å². The zero-order chi connectivity index (χ0) is 18.0. The molecule has 134 valence electrons. The normalized spacial score (nSPS) is 10.0. The molecule has 0 fully saturated rings. The van der Waals surface area contributed by atoms with Gasteiger partial charge in [0, 0.05) is 33.6 Å². The molecule has 0 bridgehead atoms. The van der Waals surface area contributed by atoms with Crippen LogP contribution in [0.3, 0.4) is 0 Å². The van der Waals surface area contributed by atoms with Gasteiger partial charge in [0.1, 0.15) is 6.29 Å². The van der Waals surface area contributed by atoms with Crippen molar-refractivity contribution >= 4 is 12.2 Å². The summed E-state index contributed by atoms with van der Waals surface area (Å²) >= 11 is 0. The van der Waals surface area contributed by atoms with Crippen LogP contribution in [0.1, 0.15) is 53.9 Å². The fourth-order valence-corrected chi connectivity index (χ4v) is 1.28. The lowest BCUT2D eigenvalue weighted by molar-refractivity contribution is -0.119. The van der Waals surface area contributed by atoms with E-state index in [4.69, 9.17) is 14.9 Å². The van der Waals surface area contributed by atoms with Gasteiger partial charge in [-0.1, -0.05) is 13.8 Å². The Kier molecular flexibility index (Phi) is 21.3. The highest BCUT2D eigenvalue weighted by molar-refractivity contribution is 5.72. The summed E-state index contributed by atoms with van der Waals surface area (Å²) in [4.78, 5) is 20.2. The van der Waals surface area contributed by atoms with E-state index in [-0.39, 0.29) is 18.1 Å². The SMILES string of the molecule is CC(=O)NCCO.CC(C)CCOC(C)(C)CCC=O.CO. The highest BCUT2D eigenvalue weighted by atomic mass is 16.5. The zero-order valence-corrected chi connectivity index (χ0v) is 15.0. The van der Waals surface area contributed by atoms with Crippen LogP contribution >= 0.6 is 0 Å². The third kappa shape index (κ3) is 27.4. The summed E-state index contributed by atoms with van der Waals surface area (Å²) in [5.74, 6) is 0.580. The van der Waals surface area contributed by atoms with Gasteiger partial charge in [-0.05, 0) is 32.6 Å². The highest BCUT2D eigenvalue weighted by Crippen LogP contribution is 2.16. The van der Waals surface area contributed by atoms with Crippen LogP contribution in [0.15, 0.2) is 0 Å². The number of nitrogens with one attached hydrogen (secondary N) is 1. The molecule has 0 aromatic carbocycles. The van der Waals surface area contributed by atoms with Crippen molar-refractivity contribution in [3.8, 4) is 0 Å². The molecule has 0 radical (unpaired) electrons. The minimum Gasteiger partial charge on any atom is -0.400 e. The Hall–Kier alpha value is -0.980. The minimum atomic E-state index is -0.143. The molecule has 6 heteroatoms. The summed E-state index contributed by atoms with van der Waals surface area (Å²) in [7, 11) is 1.00. The van der Waals surface area contributed by atoms with Gasteiger partial charge < -0.3 is 25.1 Å². The summed E-state index contributed by atoms with van der Waals surface area (Å²) in [5.41, 5.74) is -0.143. The van der Waals surface area contributed by atoms with Gasteiger partial charge in [0.2, 0.25) is 5.91 Å². The van der Waals surface area contributed by atoms with E-state index in [1.54, 1.807) is 0 Å². The van der Waals surface area contributed by atoms with E-state index in [0.717, 1.165) is 32.8 Å². The molecular formula is C16H35NO5. The fourth-order valence-electron chi connectivity index (χ4n) is 1.28. The molecule has 22 heavy (non-hydrogen) atoms. The second-order valence-corrected chi connectivity index (χ2v) is 5.70. The Morgan fingerprint density at radius 3 is 2.18 bits per heavy atom. The minimum absolute atomic E-state index is 0.0135. The number of aliphatic hydroxyl groups is 2. The van der Waals surface area contributed by atoms with Gasteiger partial charge in [-0.3, -0.25) is 4.79 Å². The summed E-state index contributed by atoms with van der Waals surface area (Å²) in [6.07, 6.45) is 3.45. The van der Waals surface area contributed by atoms with Crippen molar-refractivity contribution in [3.63, 3.8) is 0 Å². The van der Waals surface area contributed by atoms with Crippen LogP contribution in [0, 0.1) is 5.92 Å². The molecule has 0 saturated carbocycles. The summed E-state index contributed by atoms with van der Waals surface area (Å²) < 4.78 is 5.68. The van der Waals surface area contributed by atoms with Gasteiger partial charge in [0.05, 0.1) is 12.2 Å². The molecule has 0 aromatic heterocycles. The Labute approximate surface area is 135 Å². The molecule has 0 aliphatic carbocycles. The Morgan fingerprint density at radius 2 is 1.86 bits per heavy atom. The van der Waals surface area contributed by atoms with Crippen LogP contribution in [0.25, 0.3) is 0 Å². The maximum atomic E-state index is 10.2. The number of amides is 1. The second kappa shape index (κ2) is 18.1. The highest BCUT2D eigenvalue weighted by Gasteiger charge is 2.17. The standard InChI is InChI=1S/C11H22O2.C4H9NO2.CH4O/c1-10(2)6-9-13-11(3,4)7-5-8-12;1-4(7)5-2-3-6;1-2/h8,10H,5-7,9H2,1-4H3;6H,2-3H2,1H3,(H,5,7);2H,1H3. The smallest absolute Gasteiger partial charge is 0.216 e. The number of hydrogen-bond acceptors (Lipinski definition) is 5. The summed E-state index contributed by atoms with van der Waals surface area (Å²) in [5, 5.41) is 17.5. The first kappa shape index (κ1) is 25.9. The predicted molar refractivity (Wildman–Crippen MR) is 88.7 cm³/mol. The van der Waals surface area contributed by atoms with Crippen molar-refractivity contribution in [1.82, 2.24) is 5.32 Å². The van der Waals surface area contributed by atoms with E-state index in [9.17, 15) is 9.59 Å². The maximum absolute atomic E-state index is 10.2. The van der Waals surface area contributed by atoms with Crippen molar-refractivity contribution in [2.75, 3.05) is 26.9 Å². The average Bonchev–Trinajstić information content (AvgIpc) is 2.45. The van der Waals surface area contributed by atoms with E-state index in [1.807, 2.05) is 13.8 Å². The molecular weight excluding hydrogens is 286 g/mol. The molecule has 0 aliphatic rings. The van der Waals surface area contributed by atoms with Crippen molar-refractivity contribution in [3.05, 3.63) is 0 Å².